The second-order valence-electron chi connectivity index (χ2n) is 4.76. The zero-order valence-corrected chi connectivity index (χ0v) is 11.7. The number of aliphatic carboxylic acids is 1. The van der Waals surface area contributed by atoms with Crippen molar-refractivity contribution >= 4 is 5.97 Å². The summed E-state index contributed by atoms with van der Waals surface area (Å²) < 4.78 is 13.0. The molecule has 4 nitrogen and oxygen atoms in total. The van der Waals surface area contributed by atoms with E-state index in [9.17, 15) is 14.3 Å². The Morgan fingerprint density at radius 1 is 1.29 bits per heavy atom. The quantitative estimate of drug-likeness (QED) is 0.858. The van der Waals surface area contributed by atoms with Gasteiger partial charge in [0.15, 0.2) is 5.54 Å². The van der Waals surface area contributed by atoms with Gasteiger partial charge in [-0.15, -0.1) is 0 Å². The van der Waals surface area contributed by atoms with Crippen molar-refractivity contribution in [1.82, 2.24) is 10.3 Å². The lowest BCUT2D eigenvalue weighted by Crippen LogP contribution is -2.49. The van der Waals surface area contributed by atoms with Crippen LogP contribution in [0.1, 0.15) is 24.6 Å². The molecule has 21 heavy (non-hydrogen) atoms. The highest BCUT2D eigenvalue weighted by molar-refractivity contribution is 5.80. The maximum absolute atomic E-state index is 13.0. The molecule has 1 aromatic carbocycles. The van der Waals surface area contributed by atoms with Gasteiger partial charge in [-0.2, -0.15) is 0 Å². The van der Waals surface area contributed by atoms with Gasteiger partial charge in [-0.25, -0.2) is 9.18 Å². The molecule has 0 spiro atoms. The Labute approximate surface area is 122 Å². The van der Waals surface area contributed by atoms with E-state index >= 15 is 0 Å². The van der Waals surface area contributed by atoms with Gasteiger partial charge in [-0.05, 0) is 24.1 Å². The van der Waals surface area contributed by atoms with Crippen molar-refractivity contribution in [1.29, 1.82) is 0 Å². The third-order valence-electron chi connectivity index (χ3n) is 3.50. The molecule has 0 aliphatic heterocycles. The number of nitrogens with zero attached hydrogens (tertiary/aromatic N) is 1. The van der Waals surface area contributed by atoms with Crippen LogP contribution in [0.3, 0.4) is 0 Å². The van der Waals surface area contributed by atoms with Crippen LogP contribution in [0, 0.1) is 5.82 Å². The molecular weight excluding hydrogens is 271 g/mol. The van der Waals surface area contributed by atoms with Gasteiger partial charge in [0.25, 0.3) is 0 Å². The van der Waals surface area contributed by atoms with Crippen LogP contribution in [0.4, 0.5) is 4.39 Å². The Bertz CT molecular complexity index is 601. The molecule has 1 heterocycles. The fraction of sp³-hybridized carbons (Fsp3) is 0.250. The predicted octanol–water partition coefficient (Wildman–Crippen LogP) is 2.70. The lowest BCUT2D eigenvalue weighted by molar-refractivity contribution is -0.146. The van der Waals surface area contributed by atoms with E-state index in [2.05, 4.69) is 10.3 Å². The molecule has 1 aromatic heterocycles. The molecule has 0 aliphatic rings. The van der Waals surface area contributed by atoms with Crippen molar-refractivity contribution in [3.63, 3.8) is 0 Å². The number of carbonyl (C=O) groups is 1. The van der Waals surface area contributed by atoms with E-state index in [1.165, 1.54) is 12.1 Å². The zero-order valence-electron chi connectivity index (χ0n) is 11.7. The zero-order chi connectivity index (χ0) is 15.3. The molecule has 0 fully saturated rings. The van der Waals surface area contributed by atoms with Gasteiger partial charge in [-0.1, -0.05) is 37.3 Å². The molecule has 110 valence electrons. The smallest absolute Gasteiger partial charge is 0.330 e. The maximum atomic E-state index is 13.0. The predicted molar refractivity (Wildman–Crippen MR) is 77.1 cm³/mol. The van der Waals surface area contributed by atoms with Gasteiger partial charge >= 0.3 is 5.97 Å². The van der Waals surface area contributed by atoms with Gasteiger partial charge in [0.05, 0.1) is 11.9 Å². The monoisotopic (exact) mass is 288 g/mol. The number of rotatable bonds is 6. The van der Waals surface area contributed by atoms with Crippen LogP contribution in [-0.2, 0) is 16.9 Å². The van der Waals surface area contributed by atoms with Crippen molar-refractivity contribution < 1.29 is 14.3 Å². The summed E-state index contributed by atoms with van der Waals surface area (Å²) in [5.41, 5.74) is -0.0580. The van der Waals surface area contributed by atoms with Crippen LogP contribution in [0.15, 0.2) is 48.7 Å². The molecule has 0 amide bonds. The van der Waals surface area contributed by atoms with Crippen LogP contribution in [0.5, 0.6) is 0 Å². The first-order chi connectivity index (χ1) is 10.1. The minimum absolute atomic E-state index is 0.299. The number of benzene rings is 1. The third-order valence-corrected chi connectivity index (χ3v) is 3.50. The second-order valence-corrected chi connectivity index (χ2v) is 4.76. The molecule has 1 unspecified atom stereocenters. The first-order valence-electron chi connectivity index (χ1n) is 6.73. The Morgan fingerprint density at radius 2 is 2.00 bits per heavy atom. The Kier molecular flexibility index (Phi) is 4.65. The highest BCUT2D eigenvalue weighted by atomic mass is 19.1. The average molecular weight is 288 g/mol. The fourth-order valence-electron chi connectivity index (χ4n) is 2.21. The summed E-state index contributed by atoms with van der Waals surface area (Å²) in [7, 11) is 0. The largest absolute Gasteiger partial charge is 0.480 e. The SMILES string of the molecule is CCC(NCc1ccccc1)(C(=O)O)c1ccc(F)cn1. The molecule has 0 bridgehead atoms. The molecule has 2 rings (SSSR count). The highest BCUT2D eigenvalue weighted by Gasteiger charge is 2.39. The first-order valence-corrected chi connectivity index (χ1v) is 6.73. The number of aromatic nitrogens is 1. The molecule has 0 saturated heterocycles. The first kappa shape index (κ1) is 15.1. The van der Waals surface area contributed by atoms with Crippen molar-refractivity contribution in [3.05, 3.63) is 65.7 Å². The van der Waals surface area contributed by atoms with Crippen LogP contribution in [-0.4, -0.2) is 16.1 Å². The van der Waals surface area contributed by atoms with E-state index in [0.717, 1.165) is 11.8 Å². The highest BCUT2D eigenvalue weighted by Crippen LogP contribution is 2.24. The minimum atomic E-state index is -1.33. The number of carboxylic acids is 1. The van der Waals surface area contributed by atoms with Crippen molar-refractivity contribution in [2.45, 2.75) is 25.4 Å². The Balaban J connectivity index is 2.29. The van der Waals surface area contributed by atoms with E-state index in [4.69, 9.17) is 0 Å². The number of carboxylic acid groups (broad SMARTS) is 1. The maximum Gasteiger partial charge on any atom is 0.330 e. The number of hydrogen-bond donors (Lipinski definition) is 2. The Hall–Kier alpha value is -2.27. The molecule has 5 heteroatoms. The lowest BCUT2D eigenvalue weighted by atomic mass is 9.91. The normalized spacial score (nSPS) is 13.6. The van der Waals surface area contributed by atoms with Gasteiger partial charge in [0, 0.05) is 6.54 Å². The van der Waals surface area contributed by atoms with Crippen LogP contribution in [0.25, 0.3) is 0 Å². The van der Waals surface area contributed by atoms with E-state index in [1.54, 1.807) is 6.92 Å². The van der Waals surface area contributed by atoms with Gasteiger partial charge in [0.1, 0.15) is 5.82 Å². The molecular formula is C16H17FN2O2. The van der Waals surface area contributed by atoms with Crippen molar-refractivity contribution in [3.8, 4) is 0 Å². The van der Waals surface area contributed by atoms with Crippen LogP contribution < -0.4 is 5.32 Å². The fourth-order valence-corrected chi connectivity index (χ4v) is 2.21. The van der Waals surface area contributed by atoms with Crippen molar-refractivity contribution in [2.75, 3.05) is 0 Å². The number of nitrogens with one attached hydrogen (secondary N) is 1. The Morgan fingerprint density at radius 3 is 2.52 bits per heavy atom. The number of halogens is 1. The molecule has 1 atom stereocenters. The van der Waals surface area contributed by atoms with E-state index in [-0.39, 0.29) is 0 Å². The molecule has 0 radical (unpaired) electrons. The third kappa shape index (κ3) is 3.25. The summed E-state index contributed by atoms with van der Waals surface area (Å²) in [4.78, 5) is 15.7. The van der Waals surface area contributed by atoms with Gasteiger partial charge in [0.2, 0.25) is 0 Å². The standard InChI is InChI=1S/C16H17FN2O2/c1-2-16(15(20)21,14-9-8-13(17)11-18-14)19-10-12-6-4-3-5-7-12/h3-9,11,19H,2,10H2,1H3,(H,20,21). The van der Waals surface area contributed by atoms with E-state index in [1.807, 2.05) is 30.3 Å². The van der Waals surface area contributed by atoms with E-state index < -0.39 is 17.3 Å². The van der Waals surface area contributed by atoms with Crippen LogP contribution in [0.2, 0.25) is 0 Å². The molecule has 0 saturated carbocycles. The van der Waals surface area contributed by atoms with E-state index in [0.29, 0.717) is 18.7 Å². The average Bonchev–Trinajstić information content (AvgIpc) is 2.50. The second kappa shape index (κ2) is 6.45. The lowest BCUT2D eigenvalue weighted by Gasteiger charge is -2.29. The molecule has 0 aliphatic carbocycles. The summed E-state index contributed by atoms with van der Waals surface area (Å²) in [5, 5.41) is 12.7. The van der Waals surface area contributed by atoms with Gasteiger partial charge in [-0.3, -0.25) is 10.3 Å². The minimum Gasteiger partial charge on any atom is -0.480 e. The van der Waals surface area contributed by atoms with Crippen LogP contribution >= 0.6 is 0 Å². The number of pyridine rings is 1. The summed E-state index contributed by atoms with van der Waals surface area (Å²) >= 11 is 0. The summed E-state index contributed by atoms with van der Waals surface area (Å²) in [6.45, 7) is 2.15. The number of hydrogen-bond acceptors (Lipinski definition) is 3. The van der Waals surface area contributed by atoms with Crippen molar-refractivity contribution in [2.24, 2.45) is 0 Å². The van der Waals surface area contributed by atoms with Gasteiger partial charge < -0.3 is 5.11 Å². The molecule has 2 N–H and O–H groups in total. The topological polar surface area (TPSA) is 62.2 Å². The molecule has 2 aromatic rings. The summed E-state index contributed by atoms with van der Waals surface area (Å²) in [6.07, 6.45) is 1.33. The summed E-state index contributed by atoms with van der Waals surface area (Å²) in [5.74, 6) is -1.52. The summed E-state index contributed by atoms with van der Waals surface area (Å²) in [6, 6.07) is 12.1.